The Kier molecular flexibility index (Phi) is 6.49. The van der Waals surface area contributed by atoms with E-state index in [9.17, 15) is 9.18 Å². The molecule has 0 saturated heterocycles. The van der Waals surface area contributed by atoms with Crippen molar-refractivity contribution in [2.45, 2.75) is 25.8 Å². The summed E-state index contributed by atoms with van der Waals surface area (Å²) in [6.45, 7) is 1.58. The number of nitrogens with one attached hydrogen (secondary N) is 1. The van der Waals surface area contributed by atoms with Gasteiger partial charge in [-0.1, -0.05) is 12.1 Å². The number of carbonyl (C=O) groups is 1. The predicted octanol–water partition coefficient (Wildman–Crippen LogP) is 2.70. The zero-order valence-electron chi connectivity index (χ0n) is 15.3. The number of imidazole rings is 1. The number of carbonyl (C=O) groups excluding carboxylic acids is 1. The first-order valence-electron chi connectivity index (χ1n) is 8.97. The summed E-state index contributed by atoms with van der Waals surface area (Å²) < 4.78 is 20.1. The Morgan fingerprint density at radius 1 is 1.26 bits per heavy atom. The standard InChI is InChI=1S/C20H23FN4O2/c1-27-13-12-22-19(26)6-2-5-18-24-17-4-3-11-23-20(17)25(18)14-15-7-9-16(21)10-8-15/h3-4,7-11H,2,5-6,12-14H2,1H3,(H,22,26). The van der Waals surface area contributed by atoms with E-state index in [2.05, 4.69) is 15.3 Å². The first kappa shape index (κ1) is 19.0. The second kappa shape index (κ2) is 9.23. The fourth-order valence-corrected chi connectivity index (χ4v) is 2.92. The van der Waals surface area contributed by atoms with Crippen LogP contribution in [0.15, 0.2) is 42.6 Å². The quantitative estimate of drug-likeness (QED) is 0.588. The summed E-state index contributed by atoms with van der Waals surface area (Å²) in [6.07, 6.45) is 3.51. The largest absolute Gasteiger partial charge is 0.383 e. The maximum Gasteiger partial charge on any atom is 0.220 e. The molecule has 2 heterocycles. The summed E-state index contributed by atoms with van der Waals surface area (Å²) in [5.41, 5.74) is 2.58. The van der Waals surface area contributed by atoms with E-state index in [1.807, 2.05) is 16.7 Å². The molecule has 0 aliphatic rings. The van der Waals surface area contributed by atoms with Gasteiger partial charge in [0.15, 0.2) is 5.65 Å². The molecule has 0 unspecified atom stereocenters. The molecule has 0 radical (unpaired) electrons. The van der Waals surface area contributed by atoms with Crippen LogP contribution >= 0.6 is 0 Å². The van der Waals surface area contributed by atoms with Gasteiger partial charge in [0, 0.05) is 32.7 Å². The monoisotopic (exact) mass is 370 g/mol. The van der Waals surface area contributed by atoms with Crippen molar-refractivity contribution in [3.63, 3.8) is 0 Å². The molecular formula is C20H23FN4O2. The SMILES string of the molecule is COCCNC(=O)CCCc1nc2cccnc2n1Cc1ccc(F)cc1. The van der Waals surface area contributed by atoms with E-state index in [0.717, 1.165) is 22.6 Å². The molecule has 2 aromatic heterocycles. The number of aromatic nitrogens is 3. The minimum absolute atomic E-state index is 0.00590. The molecule has 7 heteroatoms. The minimum atomic E-state index is -0.257. The molecule has 6 nitrogen and oxygen atoms in total. The normalized spacial score (nSPS) is 11.0. The second-order valence-electron chi connectivity index (χ2n) is 6.28. The Hall–Kier alpha value is -2.80. The fourth-order valence-electron chi connectivity index (χ4n) is 2.92. The maximum atomic E-state index is 13.2. The van der Waals surface area contributed by atoms with E-state index in [1.165, 1.54) is 12.1 Å². The molecule has 0 aliphatic carbocycles. The molecule has 0 aliphatic heterocycles. The van der Waals surface area contributed by atoms with E-state index in [4.69, 9.17) is 4.74 Å². The van der Waals surface area contributed by atoms with Gasteiger partial charge in [-0.15, -0.1) is 0 Å². The highest BCUT2D eigenvalue weighted by atomic mass is 19.1. The van der Waals surface area contributed by atoms with Crippen molar-refractivity contribution in [3.05, 3.63) is 59.8 Å². The molecule has 0 spiro atoms. The summed E-state index contributed by atoms with van der Waals surface area (Å²) >= 11 is 0. The number of fused-ring (bicyclic) bond motifs is 1. The molecule has 3 aromatic rings. The Labute approximate surface area is 157 Å². The topological polar surface area (TPSA) is 69.0 Å². The van der Waals surface area contributed by atoms with Crippen LogP contribution in [0.5, 0.6) is 0 Å². The number of ether oxygens (including phenoxy) is 1. The lowest BCUT2D eigenvalue weighted by molar-refractivity contribution is -0.121. The van der Waals surface area contributed by atoms with Crippen LogP contribution in [0.1, 0.15) is 24.2 Å². The van der Waals surface area contributed by atoms with Crippen LogP contribution in [0.4, 0.5) is 4.39 Å². The molecular weight excluding hydrogens is 347 g/mol. The minimum Gasteiger partial charge on any atom is -0.383 e. The number of halogens is 1. The maximum absolute atomic E-state index is 13.2. The third-order valence-electron chi connectivity index (χ3n) is 4.27. The highest BCUT2D eigenvalue weighted by Gasteiger charge is 2.13. The van der Waals surface area contributed by atoms with Gasteiger partial charge in [-0.3, -0.25) is 4.79 Å². The van der Waals surface area contributed by atoms with Crippen LogP contribution in [-0.2, 0) is 22.5 Å². The molecule has 1 N–H and O–H groups in total. The van der Waals surface area contributed by atoms with Crippen molar-refractivity contribution in [2.24, 2.45) is 0 Å². The van der Waals surface area contributed by atoms with E-state index in [-0.39, 0.29) is 11.7 Å². The molecule has 0 atom stereocenters. The van der Waals surface area contributed by atoms with Crippen LogP contribution in [-0.4, -0.2) is 40.7 Å². The first-order valence-corrected chi connectivity index (χ1v) is 8.97. The number of amides is 1. The highest BCUT2D eigenvalue weighted by molar-refractivity contribution is 5.75. The van der Waals surface area contributed by atoms with Gasteiger partial charge < -0.3 is 14.6 Å². The van der Waals surface area contributed by atoms with Gasteiger partial charge in [0.05, 0.1) is 13.2 Å². The number of aryl methyl sites for hydroxylation is 1. The highest BCUT2D eigenvalue weighted by Crippen LogP contribution is 2.18. The first-order chi connectivity index (χ1) is 13.2. The van der Waals surface area contributed by atoms with Gasteiger partial charge >= 0.3 is 0 Å². The van der Waals surface area contributed by atoms with Crippen molar-refractivity contribution < 1.29 is 13.9 Å². The summed E-state index contributed by atoms with van der Waals surface area (Å²) in [5, 5.41) is 2.82. The molecule has 1 aromatic carbocycles. The van der Waals surface area contributed by atoms with Crippen molar-refractivity contribution in [3.8, 4) is 0 Å². The van der Waals surface area contributed by atoms with Crippen LogP contribution in [0, 0.1) is 5.82 Å². The number of hydrogen-bond acceptors (Lipinski definition) is 4. The third kappa shape index (κ3) is 5.10. The summed E-state index contributed by atoms with van der Waals surface area (Å²) in [5.74, 6) is 0.621. The Balaban J connectivity index is 1.70. The number of pyridine rings is 1. The molecule has 3 rings (SSSR count). The average Bonchev–Trinajstić information content (AvgIpc) is 3.01. The molecule has 0 saturated carbocycles. The van der Waals surface area contributed by atoms with E-state index in [1.54, 1.807) is 25.4 Å². The van der Waals surface area contributed by atoms with E-state index >= 15 is 0 Å². The van der Waals surface area contributed by atoms with Gasteiger partial charge in [0.1, 0.15) is 17.2 Å². The van der Waals surface area contributed by atoms with Crippen LogP contribution in [0.25, 0.3) is 11.2 Å². The van der Waals surface area contributed by atoms with Gasteiger partial charge in [-0.05, 0) is 36.2 Å². The third-order valence-corrected chi connectivity index (χ3v) is 4.27. The number of rotatable bonds is 9. The van der Waals surface area contributed by atoms with Gasteiger partial charge in [-0.2, -0.15) is 0 Å². The van der Waals surface area contributed by atoms with Crippen molar-refractivity contribution in [1.29, 1.82) is 0 Å². The number of benzene rings is 1. The van der Waals surface area contributed by atoms with Crippen molar-refractivity contribution in [2.75, 3.05) is 20.3 Å². The van der Waals surface area contributed by atoms with Crippen LogP contribution in [0.2, 0.25) is 0 Å². The van der Waals surface area contributed by atoms with Crippen molar-refractivity contribution >= 4 is 17.1 Å². The molecule has 0 fully saturated rings. The number of methoxy groups -OCH3 is 1. The van der Waals surface area contributed by atoms with Gasteiger partial charge in [-0.25, -0.2) is 14.4 Å². The van der Waals surface area contributed by atoms with E-state index < -0.39 is 0 Å². The summed E-state index contributed by atoms with van der Waals surface area (Å²) in [7, 11) is 1.60. The summed E-state index contributed by atoms with van der Waals surface area (Å²) in [4.78, 5) is 21.0. The predicted molar refractivity (Wildman–Crippen MR) is 101 cm³/mol. The lowest BCUT2D eigenvalue weighted by Crippen LogP contribution is -2.26. The lowest BCUT2D eigenvalue weighted by Gasteiger charge is -2.09. The lowest BCUT2D eigenvalue weighted by atomic mass is 10.2. The Morgan fingerprint density at radius 3 is 2.85 bits per heavy atom. The van der Waals surface area contributed by atoms with Crippen LogP contribution in [0.3, 0.4) is 0 Å². The summed E-state index contributed by atoms with van der Waals surface area (Å²) in [6, 6.07) is 10.2. The van der Waals surface area contributed by atoms with E-state index in [0.29, 0.717) is 39.0 Å². The molecule has 1 amide bonds. The van der Waals surface area contributed by atoms with Gasteiger partial charge in [0.25, 0.3) is 0 Å². The Bertz CT molecular complexity index is 893. The molecule has 142 valence electrons. The fraction of sp³-hybridized carbons (Fsp3) is 0.350. The second-order valence-corrected chi connectivity index (χ2v) is 6.28. The number of hydrogen-bond donors (Lipinski definition) is 1. The zero-order valence-corrected chi connectivity index (χ0v) is 15.3. The smallest absolute Gasteiger partial charge is 0.220 e. The zero-order chi connectivity index (χ0) is 19.1. The van der Waals surface area contributed by atoms with Crippen molar-refractivity contribution in [1.82, 2.24) is 19.9 Å². The number of nitrogens with zero attached hydrogens (tertiary/aromatic N) is 3. The average molecular weight is 370 g/mol. The Morgan fingerprint density at radius 2 is 2.07 bits per heavy atom. The molecule has 27 heavy (non-hydrogen) atoms. The van der Waals surface area contributed by atoms with Crippen LogP contribution < -0.4 is 5.32 Å². The van der Waals surface area contributed by atoms with Gasteiger partial charge in [0.2, 0.25) is 5.91 Å². The molecule has 0 bridgehead atoms.